The third-order valence-corrected chi connectivity index (χ3v) is 24.1. The van der Waals surface area contributed by atoms with E-state index in [1.54, 1.807) is 65.7 Å². The van der Waals surface area contributed by atoms with Gasteiger partial charge in [0.15, 0.2) is 0 Å². The molecule has 9 fully saturated rings. The quantitative estimate of drug-likeness (QED) is 0.103. The number of carbonyl (C=O) groups excluding carboxylic acids is 1. The van der Waals surface area contributed by atoms with Crippen molar-refractivity contribution in [2.75, 3.05) is 0 Å². The fourth-order valence-corrected chi connectivity index (χ4v) is 14.0. The van der Waals surface area contributed by atoms with Gasteiger partial charge in [-0.2, -0.15) is 0 Å². The van der Waals surface area contributed by atoms with Crippen LogP contribution in [0, 0.1) is 101 Å². The van der Waals surface area contributed by atoms with Crippen LogP contribution in [0.2, 0.25) is 0 Å². The maximum absolute atomic E-state index is 10.6. The van der Waals surface area contributed by atoms with E-state index in [9.17, 15) is 4.79 Å². The Kier molecular flexibility index (Phi) is 55.0. The molecule has 1 saturated heterocycles. The van der Waals surface area contributed by atoms with E-state index in [0.717, 1.165) is 109 Å². The summed E-state index contributed by atoms with van der Waals surface area (Å²) in [5, 5.41) is 34.3. The first-order chi connectivity index (χ1) is 42.3. The van der Waals surface area contributed by atoms with E-state index in [2.05, 4.69) is 102 Å². The summed E-state index contributed by atoms with van der Waals surface area (Å²) in [6.45, 7) is 58.5. The number of hydrogen-bond acceptors (Lipinski definition) is 7. The SMILES string of the molecule is C1CC2C3CCC(C3)C2C1.CC.CC.CC(O)C(C)O.CC1C2CCC(C2)C1C.CC1CC2OC2CC1C.CC1CC=CCC1C.CC1CCC(C)CC1.CC1CCCCC1C.CCC(C)(CC)OC(C)=O.CCC(C)(O)CC.CCC(C)CC.CCC(C)O.[HH].[HH]. The smallest absolute Gasteiger partial charge is 0.303 e. The van der Waals surface area contributed by atoms with E-state index in [1.807, 2.05) is 76.2 Å². The molecule has 0 aromatic carbocycles. The fourth-order valence-electron chi connectivity index (χ4n) is 14.0. The summed E-state index contributed by atoms with van der Waals surface area (Å²) in [5.74, 6) is 17.5. The first kappa shape index (κ1) is 93.2. The van der Waals surface area contributed by atoms with Crippen LogP contribution in [0.4, 0.5) is 0 Å². The molecule has 9 aliphatic carbocycles. The number of epoxide rings is 1. The molecule has 90 heavy (non-hydrogen) atoms. The second kappa shape index (κ2) is 53.1. The maximum atomic E-state index is 10.6. The van der Waals surface area contributed by atoms with Crippen molar-refractivity contribution in [2.24, 2.45) is 101 Å². The number of rotatable bonds is 9. The summed E-state index contributed by atoms with van der Waals surface area (Å²) in [4.78, 5) is 10.6. The lowest BCUT2D eigenvalue weighted by molar-refractivity contribution is -0.155. The van der Waals surface area contributed by atoms with Crippen molar-refractivity contribution < 1.29 is 37.5 Å². The average Bonchev–Trinajstić information content (AvgIpc) is 1.67. The molecule has 1 heterocycles. The molecule has 7 nitrogen and oxygen atoms in total. The Balaban J connectivity index is -0.000000301. The molecule has 8 saturated carbocycles. The lowest BCUT2D eigenvalue weighted by Gasteiger charge is -2.25. The van der Waals surface area contributed by atoms with Gasteiger partial charge in [0.25, 0.3) is 0 Å². The number of hydrogen-bond donors (Lipinski definition) is 4. The van der Waals surface area contributed by atoms with Crippen LogP contribution in [0.5, 0.6) is 0 Å². The molecule has 546 valence electrons. The molecule has 0 amide bonds. The highest BCUT2D eigenvalue weighted by Gasteiger charge is 2.49. The van der Waals surface area contributed by atoms with Crippen LogP contribution in [-0.2, 0) is 14.3 Å². The molecule has 19 unspecified atom stereocenters. The molecule has 0 radical (unpaired) electrons. The summed E-state index contributed by atoms with van der Waals surface area (Å²) in [6, 6.07) is 0. The summed E-state index contributed by atoms with van der Waals surface area (Å²) in [5.41, 5.74) is -0.661. The van der Waals surface area contributed by atoms with E-state index in [4.69, 9.17) is 29.9 Å². The Morgan fingerprint density at radius 1 is 0.478 bits per heavy atom. The zero-order chi connectivity index (χ0) is 69.9. The van der Waals surface area contributed by atoms with Gasteiger partial charge in [-0.25, -0.2) is 0 Å². The molecular formula is C83H172O7. The second-order valence-corrected chi connectivity index (χ2v) is 31.4. The summed E-state index contributed by atoms with van der Waals surface area (Å²) < 4.78 is 10.5. The van der Waals surface area contributed by atoms with Crippen molar-refractivity contribution in [1.29, 1.82) is 0 Å². The molecule has 0 aromatic heterocycles. The predicted molar refractivity (Wildman–Crippen MR) is 401 cm³/mol. The summed E-state index contributed by atoms with van der Waals surface area (Å²) >= 11 is 0. The number of ether oxygens (including phenoxy) is 2. The largest absolute Gasteiger partial charge is 0.460 e. The first-order valence-corrected chi connectivity index (χ1v) is 39.6. The molecule has 4 bridgehead atoms. The zero-order valence-corrected chi connectivity index (χ0v) is 66.2. The van der Waals surface area contributed by atoms with Crippen LogP contribution >= 0.6 is 0 Å². The third-order valence-electron chi connectivity index (χ3n) is 24.1. The van der Waals surface area contributed by atoms with Gasteiger partial charge in [0.05, 0.1) is 36.1 Å². The Morgan fingerprint density at radius 3 is 1.02 bits per heavy atom. The normalized spacial score (nSPS) is 33.3. The number of aliphatic hydroxyl groups excluding tert-OH is 3. The van der Waals surface area contributed by atoms with E-state index in [0.29, 0.717) is 12.2 Å². The van der Waals surface area contributed by atoms with E-state index in [1.165, 1.54) is 133 Å². The van der Waals surface area contributed by atoms with Gasteiger partial charge in [0, 0.05) is 9.78 Å². The number of carbonyl (C=O) groups is 1. The minimum absolute atomic E-state index is 0. The van der Waals surface area contributed by atoms with Crippen LogP contribution < -0.4 is 0 Å². The minimum atomic E-state index is -0.593. The highest BCUT2D eigenvalue weighted by molar-refractivity contribution is 5.66. The Bertz CT molecular complexity index is 1560. The van der Waals surface area contributed by atoms with Gasteiger partial charge in [0.1, 0.15) is 5.60 Å². The monoisotopic (exact) mass is 1280 g/mol. The van der Waals surface area contributed by atoms with Crippen LogP contribution in [0.1, 0.15) is 377 Å². The van der Waals surface area contributed by atoms with E-state index >= 15 is 0 Å². The lowest BCUT2D eigenvalue weighted by Crippen LogP contribution is -2.28. The van der Waals surface area contributed by atoms with Gasteiger partial charge in [-0.1, -0.05) is 235 Å². The Labute approximate surface area is 569 Å². The Hall–Kier alpha value is -0.990. The van der Waals surface area contributed by atoms with Crippen LogP contribution in [0.15, 0.2) is 12.2 Å². The molecule has 0 spiro atoms. The standard InChI is InChI=1S/C10H16.C9H16.C8H16O2.C8H14O.2C8H16.C8H14.C6H14O.C6H14.C4H10O2.C4H10O.2C2H6.2H2/c1-2-9-7-4-5-8(6-7)10(9)3-1;1-6-7(2)9-4-3-8(6)5-9;1-5-8(4,6-2)10-7(3)9;1-5-3-7-8(9-7)4-6(5)2;1-7-3-5-8(2)6-4-7;2*1-7-5-3-4-6-8(7)2;1-4-6(3,7)5-2;1-4-6(3)5-2;1-3(5)4(2)6;1-3-4(2)5;2*1-2;;/h7-10H,1-6H2;6-9H,3-5H2,1-2H3;5-6H2,1-4H3;5-8H,3-4H2,1-2H3;2*7-8H,3-6H2,1-2H3;3-4,7-8H,5-6H2,1-2H3;7H,4-5H2,1-3H3;6H,4-5H2,1-3H3;3-6H,1-2H3;4-5H,3H2,1-2H3;2*1-2H3;2*1H. The lowest BCUT2D eigenvalue weighted by atomic mass is 9.82. The number of aliphatic hydroxyl groups is 4. The molecule has 10 rings (SSSR count). The minimum Gasteiger partial charge on any atom is -0.460 e. The van der Waals surface area contributed by atoms with E-state index < -0.39 is 17.8 Å². The van der Waals surface area contributed by atoms with Gasteiger partial charge in [-0.05, 0) is 244 Å². The van der Waals surface area contributed by atoms with Gasteiger partial charge < -0.3 is 29.9 Å². The van der Waals surface area contributed by atoms with Gasteiger partial charge >= 0.3 is 5.97 Å². The number of allylic oxidation sites excluding steroid dienone is 2. The van der Waals surface area contributed by atoms with Gasteiger partial charge in [-0.15, -0.1) is 0 Å². The van der Waals surface area contributed by atoms with Crippen molar-refractivity contribution in [1.82, 2.24) is 0 Å². The average molecular weight is 1280 g/mol. The van der Waals surface area contributed by atoms with Crippen LogP contribution in [0.3, 0.4) is 0 Å². The second-order valence-electron chi connectivity index (χ2n) is 31.4. The van der Waals surface area contributed by atoms with Crippen LogP contribution in [-0.4, -0.2) is 68.1 Å². The van der Waals surface area contributed by atoms with Crippen LogP contribution in [0.25, 0.3) is 0 Å². The van der Waals surface area contributed by atoms with Crippen molar-refractivity contribution in [3.8, 4) is 0 Å². The molecular weight excluding hydrogens is 1110 g/mol. The molecule has 4 N–H and O–H groups in total. The van der Waals surface area contributed by atoms with Crippen molar-refractivity contribution in [3.63, 3.8) is 0 Å². The molecule has 1 aliphatic heterocycles. The maximum Gasteiger partial charge on any atom is 0.303 e. The first-order valence-electron chi connectivity index (χ1n) is 39.6. The molecule has 0 aromatic rings. The fraction of sp³-hybridized carbons (Fsp3) is 0.964. The highest BCUT2D eigenvalue weighted by Crippen LogP contribution is 2.58. The third kappa shape index (κ3) is 41.9. The van der Waals surface area contributed by atoms with Gasteiger partial charge in [0.2, 0.25) is 0 Å². The van der Waals surface area contributed by atoms with Gasteiger partial charge in [-0.3, -0.25) is 4.79 Å². The summed E-state index contributed by atoms with van der Waals surface area (Å²) in [7, 11) is 0. The molecule has 19 atom stereocenters. The van der Waals surface area contributed by atoms with Crippen molar-refractivity contribution in [2.45, 2.75) is 415 Å². The number of esters is 1. The van der Waals surface area contributed by atoms with Crippen molar-refractivity contribution in [3.05, 3.63) is 12.2 Å². The molecule has 10 aliphatic rings. The Morgan fingerprint density at radius 2 is 0.811 bits per heavy atom. The van der Waals surface area contributed by atoms with E-state index in [-0.39, 0.29) is 20.5 Å². The summed E-state index contributed by atoms with van der Waals surface area (Å²) in [6.07, 6.45) is 42.8. The molecule has 7 heteroatoms. The van der Waals surface area contributed by atoms with Crippen molar-refractivity contribution >= 4 is 5.97 Å². The number of fused-ring (bicyclic) bond motifs is 8. The predicted octanol–water partition coefficient (Wildman–Crippen LogP) is 24.8. The highest BCUT2D eigenvalue weighted by atomic mass is 16.6. The zero-order valence-electron chi connectivity index (χ0n) is 66.2. The topological polar surface area (TPSA) is 120 Å².